The third-order valence-corrected chi connectivity index (χ3v) is 9.05. The molecule has 38 heavy (non-hydrogen) atoms. The van der Waals surface area contributed by atoms with Gasteiger partial charge in [0.15, 0.2) is 0 Å². The Kier molecular flexibility index (Phi) is 6.38. The number of nitrogens with zero attached hydrogens (tertiary/aromatic N) is 6. The molecule has 196 valence electrons. The fourth-order valence-corrected chi connectivity index (χ4v) is 6.92. The summed E-state index contributed by atoms with van der Waals surface area (Å²) in [6.45, 7) is 4.04. The first kappa shape index (κ1) is 24.6. The molecule has 0 unspecified atom stereocenters. The lowest BCUT2D eigenvalue weighted by Crippen LogP contribution is -2.49. The predicted molar refractivity (Wildman–Crippen MR) is 144 cm³/mol. The molecule has 0 bridgehead atoms. The Labute approximate surface area is 223 Å². The molecule has 2 fully saturated rings. The van der Waals surface area contributed by atoms with Crippen LogP contribution in [0.15, 0.2) is 36.5 Å². The van der Waals surface area contributed by atoms with Crippen molar-refractivity contribution < 1.29 is 9.59 Å². The number of aromatic nitrogens is 3. The van der Waals surface area contributed by atoms with Crippen LogP contribution in [0.1, 0.15) is 75.4 Å². The first-order chi connectivity index (χ1) is 18.5. The molecule has 8 heteroatoms. The van der Waals surface area contributed by atoms with Crippen molar-refractivity contribution in [1.29, 1.82) is 5.26 Å². The number of carbonyl (C=O) groups excluding carboxylic acids is 2. The largest absolute Gasteiger partial charge is 0.343 e. The van der Waals surface area contributed by atoms with E-state index in [9.17, 15) is 14.9 Å². The number of rotatable bonds is 5. The second kappa shape index (κ2) is 9.86. The van der Waals surface area contributed by atoms with Crippen LogP contribution >= 0.6 is 0 Å². The van der Waals surface area contributed by atoms with Crippen molar-refractivity contribution in [3.05, 3.63) is 53.6 Å². The van der Waals surface area contributed by atoms with Crippen LogP contribution in [0.2, 0.25) is 0 Å². The standard InChI is InChI=1S/C30H34N6O2/c1-21(37)34-15-12-30(13-16-34)25-9-5-6-10-26(25)36(29(30)38)20-24-17-23-19-32-27(18-31)33-28(23)35(24)14-11-22-7-3-2-4-8-22/h5-6,9-10,17,19,22H,2-4,7-8,11-16,20H2,1H3. The van der Waals surface area contributed by atoms with E-state index in [-0.39, 0.29) is 17.6 Å². The third kappa shape index (κ3) is 4.14. The van der Waals surface area contributed by atoms with Gasteiger partial charge >= 0.3 is 0 Å². The molecule has 6 rings (SSSR count). The SMILES string of the molecule is CC(=O)N1CCC2(CC1)C(=O)N(Cc1cc3cnc(C#N)nc3n1CCC1CCCCC1)c1ccccc12. The zero-order valence-electron chi connectivity index (χ0n) is 22.0. The number of hydrogen-bond acceptors (Lipinski definition) is 5. The number of piperidine rings is 1. The van der Waals surface area contributed by atoms with Crippen LogP contribution in [0.4, 0.5) is 5.69 Å². The third-order valence-electron chi connectivity index (χ3n) is 9.05. The van der Waals surface area contributed by atoms with Gasteiger partial charge in [0.05, 0.1) is 12.0 Å². The van der Waals surface area contributed by atoms with Gasteiger partial charge in [-0.1, -0.05) is 50.3 Å². The number of nitriles is 1. The fraction of sp³-hybridized carbons (Fsp3) is 0.500. The molecule has 1 saturated heterocycles. The summed E-state index contributed by atoms with van der Waals surface area (Å²) in [7, 11) is 0. The van der Waals surface area contributed by atoms with Crippen molar-refractivity contribution in [3.8, 4) is 6.07 Å². The number of anilines is 1. The van der Waals surface area contributed by atoms with E-state index in [1.807, 2.05) is 28.0 Å². The Morgan fingerprint density at radius 1 is 1.16 bits per heavy atom. The number of carbonyl (C=O) groups is 2. The highest BCUT2D eigenvalue weighted by molar-refractivity contribution is 6.08. The Morgan fingerprint density at radius 3 is 2.66 bits per heavy atom. The Morgan fingerprint density at radius 2 is 1.92 bits per heavy atom. The molecule has 4 heterocycles. The highest BCUT2D eigenvalue weighted by Crippen LogP contribution is 2.48. The molecule has 8 nitrogen and oxygen atoms in total. The molecule has 3 aromatic rings. The molecule has 3 aliphatic rings. The van der Waals surface area contributed by atoms with Crippen LogP contribution in [0, 0.1) is 17.2 Å². The molecule has 1 saturated carbocycles. The van der Waals surface area contributed by atoms with Crippen molar-refractivity contribution in [2.75, 3.05) is 18.0 Å². The number of likely N-dealkylation sites (tertiary alicyclic amines) is 1. The molecule has 0 radical (unpaired) electrons. The van der Waals surface area contributed by atoms with Crippen molar-refractivity contribution in [2.45, 2.75) is 76.8 Å². The average Bonchev–Trinajstić information content (AvgIpc) is 3.40. The van der Waals surface area contributed by atoms with E-state index in [1.54, 1.807) is 13.1 Å². The molecule has 1 aliphatic carbocycles. The van der Waals surface area contributed by atoms with E-state index >= 15 is 0 Å². The number of amides is 2. The van der Waals surface area contributed by atoms with E-state index in [2.05, 4.69) is 32.7 Å². The molecule has 1 spiro atoms. The van der Waals surface area contributed by atoms with Gasteiger partial charge in [0.2, 0.25) is 17.6 Å². The molecule has 2 amide bonds. The molecule has 1 aromatic carbocycles. The molecule has 2 aliphatic heterocycles. The zero-order chi connectivity index (χ0) is 26.3. The van der Waals surface area contributed by atoms with E-state index in [0.29, 0.717) is 38.4 Å². The number of fused-ring (bicyclic) bond motifs is 3. The summed E-state index contributed by atoms with van der Waals surface area (Å²) in [5.41, 5.74) is 3.23. The van der Waals surface area contributed by atoms with Gasteiger partial charge in [-0.25, -0.2) is 9.97 Å². The zero-order valence-corrected chi connectivity index (χ0v) is 22.0. The summed E-state index contributed by atoms with van der Waals surface area (Å²) < 4.78 is 2.21. The number of aryl methyl sites for hydroxylation is 1. The van der Waals surface area contributed by atoms with Gasteiger partial charge in [0.25, 0.3) is 0 Å². The van der Waals surface area contributed by atoms with Crippen molar-refractivity contribution in [2.24, 2.45) is 5.92 Å². The van der Waals surface area contributed by atoms with Gasteiger partial charge in [-0.3, -0.25) is 9.59 Å². The minimum atomic E-state index is -0.588. The van der Waals surface area contributed by atoms with Gasteiger partial charge in [0, 0.05) is 49.5 Å². The van der Waals surface area contributed by atoms with Crippen LogP contribution in [-0.2, 0) is 28.1 Å². The summed E-state index contributed by atoms with van der Waals surface area (Å²) in [5, 5.41) is 10.3. The maximum absolute atomic E-state index is 14.2. The van der Waals surface area contributed by atoms with E-state index < -0.39 is 5.41 Å². The van der Waals surface area contributed by atoms with Gasteiger partial charge in [-0.05, 0) is 42.9 Å². The minimum absolute atomic E-state index is 0.0655. The second-order valence-corrected chi connectivity index (χ2v) is 11.2. The summed E-state index contributed by atoms with van der Waals surface area (Å²) in [6.07, 6.45) is 10.5. The van der Waals surface area contributed by atoms with Crippen LogP contribution in [0.25, 0.3) is 11.0 Å². The molecule has 0 N–H and O–H groups in total. The summed E-state index contributed by atoms with van der Waals surface area (Å²) in [5.74, 6) is 1.06. The van der Waals surface area contributed by atoms with E-state index in [0.717, 1.165) is 40.9 Å². The first-order valence-electron chi connectivity index (χ1n) is 13.9. The Bertz CT molecular complexity index is 1420. The number of benzene rings is 1. The number of hydrogen-bond donors (Lipinski definition) is 0. The molecular weight excluding hydrogens is 476 g/mol. The summed E-state index contributed by atoms with van der Waals surface area (Å²) >= 11 is 0. The minimum Gasteiger partial charge on any atom is -0.343 e. The van der Waals surface area contributed by atoms with Crippen LogP contribution in [0.3, 0.4) is 0 Å². The Balaban J connectivity index is 1.34. The highest BCUT2D eigenvalue weighted by Gasteiger charge is 2.52. The summed E-state index contributed by atoms with van der Waals surface area (Å²) in [6, 6.07) is 12.3. The monoisotopic (exact) mass is 510 g/mol. The lowest BCUT2D eigenvalue weighted by molar-refractivity contribution is -0.133. The maximum Gasteiger partial charge on any atom is 0.238 e. The van der Waals surface area contributed by atoms with Crippen molar-refractivity contribution in [3.63, 3.8) is 0 Å². The topological polar surface area (TPSA) is 95.1 Å². The van der Waals surface area contributed by atoms with Gasteiger partial charge in [0.1, 0.15) is 11.7 Å². The highest BCUT2D eigenvalue weighted by atomic mass is 16.2. The fourth-order valence-electron chi connectivity index (χ4n) is 6.92. The second-order valence-electron chi connectivity index (χ2n) is 11.2. The number of para-hydroxylation sites is 1. The quantitative estimate of drug-likeness (QED) is 0.496. The van der Waals surface area contributed by atoms with Crippen LogP contribution in [0.5, 0.6) is 0 Å². The van der Waals surface area contributed by atoms with Gasteiger partial charge in [-0.15, -0.1) is 0 Å². The average molecular weight is 511 g/mol. The molecule has 2 aromatic heterocycles. The Hall–Kier alpha value is -3.73. The molecule has 0 atom stereocenters. The molecular formula is C30H34N6O2. The van der Waals surface area contributed by atoms with E-state index in [1.165, 1.54) is 32.1 Å². The normalized spacial score (nSPS) is 19.2. The van der Waals surface area contributed by atoms with Crippen LogP contribution < -0.4 is 4.90 Å². The van der Waals surface area contributed by atoms with Crippen molar-refractivity contribution >= 4 is 28.5 Å². The van der Waals surface area contributed by atoms with Gasteiger partial charge < -0.3 is 14.4 Å². The van der Waals surface area contributed by atoms with E-state index in [4.69, 9.17) is 0 Å². The lowest BCUT2D eigenvalue weighted by atomic mass is 9.73. The van der Waals surface area contributed by atoms with Crippen LogP contribution in [-0.4, -0.2) is 44.3 Å². The van der Waals surface area contributed by atoms with Crippen molar-refractivity contribution in [1.82, 2.24) is 19.4 Å². The maximum atomic E-state index is 14.2. The summed E-state index contributed by atoms with van der Waals surface area (Å²) in [4.78, 5) is 38.7. The first-order valence-corrected chi connectivity index (χ1v) is 13.9. The predicted octanol–water partition coefficient (Wildman–Crippen LogP) is 4.70. The lowest BCUT2D eigenvalue weighted by Gasteiger charge is -2.38. The van der Waals surface area contributed by atoms with Gasteiger partial charge in [-0.2, -0.15) is 5.26 Å². The smallest absolute Gasteiger partial charge is 0.238 e.